The average molecular weight is 433 g/mol. The number of urea groups is 1. The molecule has 0 spiro atoms. The first kappa shape index (κ1) is 20.4. The van der Waals surface area contributed by atoms with Crippen LogP contribution < -0.4 is 10.6 Å². The van der Waals surface area contributed by atoms with Gasteiger partial charge in [0.05, 0.1) is 6.04 Å². The summed E-state index contributed by atoms with van der Waals surface area (Å²) in [5, 5.41) is 14.5. The van der Waals surface area contributed by atoms with Crippen LogP contribution in [-0.4, -0.2) is 28.8 Å². The maximum atomic E-state index is 13.8. The second kappa shape index (κ2) is 7.27. The summed E-state index contributed by atoms with van der Waals surface area (Å²) in [4.78, 5) is 25.0. The predicted molar refractivity (Wildman–Crippen MR) is 96.1 cm³/mol. The Kier molecular flexibility index (Phi) is 5.31. The van der Waals surface area contributed by atoms with Gasteiger partial charge in [-0.3, -0.25) is 4.79 Å². The van der Waals surface area contributed by atoms with E-state index in [9.17, 15) is 27.9 Å². The van der Waals surface area contributed by atoms with Crippen LogP contribution in [0, 0.1) is 5.92 Å². The van der Waals surface area contributed by atoms with Crippen molar-refractivity contribution in [1.29, 1.82) is 0 Å². The zero-order chi connectivity index (χ0) is 20.7. The van der Waals surface area contributed by atoms with Gasteiger partial charge in [-0.1, -0.05) is 41.4 Å². The summed E-state index contributed by atoms with van der Waals surface area (Å²) in [7, 11) is 0. The summed E-state index contributed by atoms with van der Waals surface area (Å²) in [6.45, 7) is 0. The van der Waals surface area contributed by atoms with Crippen LogP contribution in [0.3, 0.4) is 0 Å². The monoisotopic (exact) mass is 432 g/mol. The van der Waals surface area contributed by atoms with Crippen molar-refractivity contribution in [3.05, 3.63) is 69.7 Å². The maximum absolute atomic E-state index is 13.8. The van der Waals surface area contributed by atoms with Crippen LogP contribution in [0.25, 0.3) is 0 Å². The highest BCUT2D eigenvalue weighted by molar-refractivity contribution is 6.31. The lowest BCUT2D eigenvalue weighted by Gasteiger charge is -2.45. The van der Waals surface area contributed by atoms with Crippen molar-refractivity contribution in [2.24, 2.45) is 5.92 Å². The number of carbonyl (C=O) groups is 2. The standard InChI is InChI=1S/C18H13Cl2F3N2O3/c19-10-7-5-9(6-8-10)15(26)13-14(11-3-1-2-4-12(11)20)24-16(27)25-17(13,28)18(21,22)23/h1-8,13-14,28H,(H2,24,25,27)/t13-,14-,17-/m0/s1. The largest absolute Gasteiger partial charge is 0.437 e. The summed E-state index contributed by atoms with van der Waals surface area (Å²) >= 11 is 11.9. The van der Waals surface area contributed by atoms with E-state index in [4.69, 9.17) is 23.2 Å². The van der Waals surface area contributed by atoms with Gasteiger partial charge in [-0.15, -0.1) is 0 Å². The summed E-state index contributed by atoms with van der Waals surface area (Å²) in [5.41, 5.74) is -3.86. The van der Waals surface area contributed by atoms with Crippen LogP contribution in [0.5, 0.6) is 0 Å². The van der Waals surface area contributed by atoms with E-state index in [2.05, 4.69) is 5.32 Å². The highest BCUT2D eigenvalue weighted by atomic mass is 35.5. The van der Waals surface area contributed by atoms with Gasteiger partial charge in [-0.2, -0.15) is 13.2 Å². The Balaban J connectivity index is 2.18. The number of hydrogen-bond donors (Lipinski definition) is 3. The fraction of sp³-hybridized carbons (Fsp3) is 0.222. The Labute approximate surface area is 167 Å². The zero-order valence-corrected chi connectivity index (χ0v) is 15.4. The second-order valence-electron chi connectivity index (χ2n) is 6.21. The molecule has 148 valence electrons. The minimum atomic E-state index is -5.34. The molecule has 5 nitrogen and oxygen atoms in total. The smallest absolute Gasteiger partial charge is 0.363 e. The van der Waals surface area contributed by atoms with Crippen molar-refractivity contribution in [2.45, 2.75) is 17.9 Å². The minimum Gasteiger partial charge on any atom is -0.363 e. The van der Waals surface area contributed by atoms with Crippen molar-refractivity contribution in [3.8, 4) is 0 Å². The molecule has 1 aliphatic rings. The Morgan fingerprint density at radius 2 is 1.68 bits per heavy atom. The normalized spacial score (nSPS) is 25.0. The topological polar surface area (TPSA) is 78.4 Å². The number of rotatable bonds is 3. The number of hydrogen-bond acceptors (Lipinski definition) is 3. The lowest BCUT2D eigenvalue weighted by molar-refractivity contribution is -0.287. The third-order valence-electron chi connectivity index (χ3n) is 4.46. The Morgan fingerprint density at radius 3 is 2.25 bits per heavy atom. The van der Waals surface area contributed by atoms with E-state index in [1.807, 2.05) is 0 Å². The Hall–Kier alpha value is -2.29. The van der Waals surface area contributed by atoms with Crippen molar-refractivity contribution in [2.75, 3.05) is 0 Å². The van der Waals surface area contributed by atoms with Gasteiger partial charge in [-0.05, 0) is 35.9 Å². The van der Waals surface area contributed by atoms with Gasteiger partial charge in [0.2, 0.25) is 5.72 Å². The molecule has 3 N–H and O–H groups in total. The third kappa shape index (κ3) is 3.55. The predicted octanol–water partition coefficient (Wildman–Crippen LogP) is 4.10. The lowest BCUT2D eigenvalue weighted by Crippen LogP contribution is -2.72. The number of nitrogens with one attached hydrogen (secondary N) is 2. The fourth-order valence-corrected chi connectivity index (χ4v) is 3.50. The van der Waals surface area contributed by atoms with Gasteiger partial charge in [0.25, 0.3) is 0 Å². The molecule has 3 rings (SSSR count). The van der Waals surface area contributed by atoms with E-state index >= 15 is 0 Å². The molecule has 2 aromatic rings. The highest BCUT2D eigenvalue weighted by Gasteiger charge is 2.66. The van der Waals surface area contributed by atoms with Crippen LogP contribution in [0.4, 0.5) is 18.0 Å². The van der Waals surface area contributed by atoms with Crippen LogP contribution in [0.2, 0.25) is 10.0 Å². The number of halogens is 5. The molecule has 0 unspecified atom stereocenters. The molecule has 2 amide bonds. The van der Waals surface area contributed by atoms with E-state index in [1.165, 1.54) is 47.8 Å². The molecule has 10 heteroatoms. The van der Waals surface area contributed by atoms with E-state index in [0.717, 1.165) is 0 Å². The van der Waals surface area contributed by atoms with Gasteiger partial charge in [0, 0.05) is 15.6 Å². The maximum Gasteiger partial charge on any atom is 0.437 e. The molecule has 28 heavy (non-hydrogen) atoms. The summed E-state index contributed by atoms with van der Waals surface area (Å²) < 4.78 is 41.3. The van der Waals surface area contributed by atoms with Crippen molar-refractivity contribution in [1.82, 2.24) is 10.6 Å². The molecular formula is C18H13Cl2F3N2O3. The van der Waals surface area contributed by atoms with Crippen LogP contribution in [-0.2, 0) is 0 Å². The molecule has 2 aromatic carbocycles. The number of amides is 2. The Morgan fingerprint density at radius 1 is 1.07 bits per heavy atom. The van der Waals surface area contributed by atoms with E-state index in [1.54, 1.807) is 6.07 Å². The fourth-order valence-electron chi connectivity index (χ4n) is 3.12. The van der Waals surface area contributed by atoms with Gasteiger partial charge in [-0.25, -0.2) is 4.79 Å². The minimum absolute atomic E-state index is 0.0353. The van der Waals surface area contributed by atoms with Crippen molar-refractivity contribution >= 4 is 35.0 Å². The lowest BCUT2D eigenvalue weighted by atomic mass is 9.77. The van der Waals surface area contributed by atoms with Crippen LogP contribution in [0.15, 0.2) is 48.5 Å². The first-order chi connectivity index (χ1) is 13.0. The average Bonchev–Trinajstić information content (AvgIpc) is 2.60. The third-order valence-corrected chi connectivity index (χ3v) is 5.05. The molecule has 0 saturated carbocycles. The van der Waals surface area contributed by atoms with E-state index in [-0.39, 0.29) is 21.2 Å². The quantitative estimate of drug-likeness (QED) is 0.638. The van der Waals surface area contributed by atoms with Crippen molar-refractivity contribution < 1.29 is 27.9 Å². The van der Waals surface area contributed by atoms with Gasteiger partial charge >= 0.3 is 12.2 Å². The number of carbonyl (C=O) groups excluding carboxylic acids is 2. The molecule has 3 atom stereocenters. The highest BCUT2D eigenvalue weighted by Crippen LogP contribution is 2.45. The van der Waals surface area contributed by atoms with Crippen molar-refractivity contribution in [3.63, 3.8) is 0 Å². The van der Waals surface area contributed by atoms with Gasteiger partial charge in [0.1, 0.15) is 5.92 Å². The Bertz CT molecular complexity index is 921. The molecule has 0 aromatic heterocycles. The summed E-state index contributed by atoms with van der Waals surface area (Å²) in [6, 6.07) is 8.14. The summed E-state index contributed by atoms with van der Waals surface area (Å²) in [5.74, 6) is -3.19. The number of ketones is 1. The van der Waals surface area contributed by atoms with Gasteiger partial charge < -0.3 is 15.7 Å². The molecule has 1 fully saturated rings. The number of benzene rings is 2. The number of alkyl halides is 3. The van der Waals surface area contributed by atoms with Gasteiger partial charge in [0.15, 0.2) is 5.78 Å². The molecule has 0 bridgehead atoms. The van der Waals surface area contributed by atoms with E-state index < -0.39 is 35.7 Å². The SMILES string of the molecule is O=C1N[C@@H](c2ccccc2Cl)[C@@H](C(=O)c2ccc(Cl)cc2)[C@](O)(C(F)(F)F)N1. The molecule has 1 heterocycles. The first-order valence-electron chi connectivity index (χ1n) is 7.96. The molecule has 1 aliphatic heterocycles. The molecule has 0 radical (unpaired) electrons. The number of Topliss-reactive ketones (excluding diaryl/α,β-unsaturated/α-hetero) is 1. The van der Waals surface area contributed by atoms with E-state index in [0.29, 0.717) is 0 Å². The number of aliphatic hydroxyl groups is 1. The molecular weight excluding hydrogens is 420 g/mol. The molecule has 1 saturated heterocycles. The summed E-state index contributed by atoms with van der Waals surface area (Å²) in [6.07, 6.45) is -5.34. The zero-order valence-electron chi connectivity index (χ0n) is 13.9. The second-order valence-corrected chi connectivity index (χ2v) is 7.05. The molecule has 0 aliphatic carbocycles. The van der Waals surface area contributed by atoms with Crippen LogP contribution in [0.1, 0.15) is 22.0 Å². The first-order valence-corrected chi connectivity index (χ1v) is 8.72. The van der Waals surface area contributed by atoms with Crippen LogP contribution >= 0.6 is 23.2 Å².